The van der Waals surface area contributed by atoms with E-state index < -0.39 is 0 Å². The summed E-state index contributed by atoms with van der Waals surface area (Å²) in [4.78, 5) is 0. The molecular weight excluding hydrogens is 242 g/mol. The minimum atomic E-state index is 1.00. The third-order valence-electron chi connectivity index (χ3n) is 1.97. The number of hydrogen-bond donors (Lipinski definition) is 1. The van der Waals surface area contributed by atoms with Gasteiger partial charge in [0.2, 0.25) is 0 Å². The van der Waals surface area contributed by atoms with Crippen molar-refractivity contribution >= 4 is 21.6 Å². The Labute approximate surface area is 90.9 Å². The van der Waals surface area contributed by atoms with Gasteiger partial charge in [0.05, 0.1) is 23.8 Å². The zero-order valence-electron chi connectivity index (χ0n) is 7.74. The van der Waals surface area contributed by atoms with Crippen molar-refractivity contribution in [1.82, 2.24) is 9.78 Å². The SMILES string of the molecule is CNc1cnn(-c2ccccc2Br)c1. The Morgan fingerprint density at radius 3 is 2.79 bits per heavy atom. The Bertz CT molecular complexity index is 436. The Hall–Kier alpha value is -1.29. The van der Waals surface area contributed by atoms with Gasteiger partial charge in [-0.25, -0.2) is 4.68 Å². The maximum absolute atomic E-state index is 4.24. The first-order valence-corrected chi connectivity index (χ1v) is 5.08. The van der Waals surface area contributed by atoms with Gasteiger partial charge < -0.3 is 5.32 Å². The molecular formula is C10H10BrN3. The van der Waals surface area contributed by atoms with E-state index >= 15 is 0 Å². The molecule has 1 heterocycles. The fourth-order valence-electron chi connectivity index (χ4n) is 1.22. The highest BCUT2D eigenvalue weighted by atomic mass is 79.9. The number of para-hydroxylation sites is 1. The first kappa shape index (κ1) is 9.27. The zero-order chi connectivity index (χ0) is 9.97. The molecule has 1 aromatic carbocycles. The minimum absolute atomic E-state index is 1.00. The number of aromatic nitrogens is 2. The molecule has 1 aromatic heterocycles. The molecule has 3 nitrogen and oxygen atoms in total. The molecule has 0 aliphatic rings. The zero-order valence-corrected chi connectivity index (χ0v) is 9.32. The normalized spacial score (nSPS) is 10.1. The average molecular weight is 252 g/mol. The lowest BCUT2D eigenvalue weighted by atomic mass is 10.3. The van der Waals surface area contributed by atoms with Crippen LogP contribution < -0.4 is 5.32 Å². The number of benzene rings is 1. The molecule has 0 amide bonds. The summed E-state index contributed by atoms with van der Waals surface area (Å²) in [6, 6.07) is 7.98. The molecule has 0 aliphatic heterocycles. The van der Waals surface area contributed by atoms with Crippen molar-refractivity contribution in [2.45, 2.75) is 0 Å². The van der Waals surface area contributed by atoms with Crippen LogP contribution in [-0.4, -0.2) is 16.8 Å². The molecule has 0 fully saturated rings. The predicted octanol–water partition coefficient (Wildman–Crippen LogP) is 2.68. The first-order chi connectivity index (χ1) is 6.81. The Balaban J connectivity index is 2.44. The second-order valence-electron chi connectivity index (χ2n) is 2.87. The van der Waals surface area contributed by atoms with E-state index in [1.54, 1.807) is 6.20 Å². The number of anilines is 1. The van der Waals surface area contributed by atoms with Gasteiger partial charge in [-0.2, -0.15) is 5.10 Å². The maximum Gasteiger partial charge on any atom is 0.0788 e. The summed E-state index contributed by atoms with van der Waals surface area (Å²) in [7, 11) is 1.88. The van der Waals surface area contributed by atoms with Gasteiger partial charge in [-0.3, -0.25) is 0 Å². The van der Waals surface area contributed by atoms with Crippen LogP contribution in [0.25, 0.3) is 5.69 Å². The van der Waals surface area contributed by atoms with Crippen molar-refractivity contribution in [3.05, 3.63) is 41.1 Å². The number of rotatable bonds is 2. The molecule has 0 saturated heterocycles. The summed E-state index contributed by atoms with van der Waals surface area (Å²) in [5.41, 5.74) is 2.04. The summed E-state index contributed by atoms with van der Waals surface area (Å²) in [6.07, 6.45) is 3.74. The molecule has 14 heavy (non-hydrogen) atoms. The van der Waals surface area contributed by atoms with Crippen molar-refractivity contribution in [3.8, 4) is 5.69 Å². The molecule has 72 valence electrons. The Morgan fingerprint density at radius 2 is 2.14 bits per heavy atom. The van der Waals surface area contributed by atoms with Crippen molar-refractivity contribution < 1.29 is 0 Å². The van der Waals surface area contributed by atoms with Gasteiger partial charge in [0.25, 0.3) is 0 Å². The lowest BCUT2D eigenvalue weighted by Crippen LogP contribution is -1.94. The summed E-state index contributed by atoms with van der Waals surface area (Å²) >= 11 is 3.48. The second kappa shape index (κ2) is 3.84. The summed E-state index contributed by atoms with van der Waals surface area (Å²) in [5.74, 6) is 0. The maximum atomic E-state index is 4.24. The number of halogens is 1. The topological polar surface area (TPSA) is 29.9 Å². The van der Waals surface area contributed by atoms with Crippen LogP contribution in [0.5, 0.6) is 0 Å². The highest BCUT2D eigenvalue weighted by molar-refractivity contribution is 9.10. The molecule has 4 heteroatoms. The summed E-state index contributed by atoms with van der Waals surface area (Å²) in [6.45, 7) is 0. The van der Waals surface area contributed by atoms with Crippen LogP contribution in [0.15, 0.2) is 41.1 Å². The third-order valence-corrected chi connectivity index (χ3v) is 2.64. The van der Waals surface area contributed by atoms with Crippen molar-refractivity contribution in [2.24, 2.45) is 0 Å². The molecule has 0 saturated carbocycles. The van der Waals surface area contributed by atoms with Crippen LogP contribution in [0.2, 0.25) is 0 Å². The second-order valence-corrected chi connectivity index (χ2v) is 3.73. The molecule has 0 radical (unpaired) electrons. The van der Waals surface area contributed by atoms with Crippen molar-refractivity contribution in [2.75, 3.05) is 12.4 Å². The minimum Gasteiger partial charge on any atom is -0.386 e. The fourth-order valence-corrected chi connectivity index (χ4v) is 1.69. The van der Waals surface area contributed by atoms with E-state index in [1.165, 1.54) is 0 Å². The van der Waals surface area contributed by atoms with Gasteiger partial charge >= 0.3 is 0 Å². The molecule has 2 rings (SSSR count). The van der Waals surface area contributed by atoms with Crippen molar-refractivity contribution in [1.29, 1.82) is 0 Å². The quantitative estimate of drug-likeness (QED) is 0.890. The van der Waals surface area contributed by atoms with Crippen LogP contribution in [0.3, 0.4) is 0 Å². The Kier molecular flexibility index (Phi) is 2.54. The van der Waals surface area contributed by atoms with E-state index in [1.807, 2.05) is 42.2 Å². The van der Waals surface area contributed by atoms with Gasteiger partial charge in [-0.05, 0) is 28.1 Å². The van der Waals surface area contributed by atoms with E-state index in [0.29, 0.717) is 0 Å². The molecule has 0 bridgehead atoms. The standard InChI is InChI=1S/C10H10BrN3/c1-12-8-6-13-14(7-8)10-5-3-2-4-9(10)11/h2-7,12H,1H3. The van der Waals surface area contributed by atoms with E-state index in [2.05, 4.69) is 26.3 Å². The lowest BCUT2D eigenvalue weighted by molar-refractivity contribution is 0.876. The third kappa shape index (κ3) is 1.65. The predicted molar refractivity (Wildman–Crippen MR) is 60.8 cm³/mol. The fraction of sp³-hybridized carbons (Fsp3) is 0.100. The van der Waals surface area contributed by atoms with E-state index in [0.717, 1.165) is 15.8 Å². The van der Waals surface area contributed by atoms with Gasteiger partial charge in [0.1, 0.15) is 0 Å². The largest absolute Gasteiger partial charge is 0.386 e. The Morgan fingerprint density at radius 1 is 1.36 bits per heavy atom. The van der Waals surface area contributed by atoms with Crippen LogP contribution in [0.1, 0.15) is 0 Å². The van der Waals surface area contributed by atoms with Gasteiger partial charge in [-0.15, -0.1) is 0 Å². The van der Waals surface area contributed by atoms with Gasteiger partial charge in [0, 0.05) is 11.5 Å². The lowest BCUT2D eigenvalue weighted by Gasteiger charge is -2.02. The van der Waals surface area contributed by atoms with Gasteiger partial charge in [-0.1, -0.05) is 12.1 Å². The molecule has 0 unspecified atom stereocenters. The van der Waals surface area contributed by atoms with E-state index in [-0.39, 0.29) is 0 Å². The smallest absolute Gasteiger partial charge is 0.0788 e. The average Bonchev–Trinajstić information content (AvgIpc) is 2.67. The molecule has 2 aromatic rings. The van der Waals surface area contributed by atoms with Gasteiger partial charge in [0.15, 0.2) is 0 Å². The van der Waals surface area contributed by atoms with Crippen molar-refractivity contribution in [3.63, 3.8) is 0 Å². The van der Waals surface area contributed by atoms with Crippen LogP contribution in [0, 0.1) is 0 Å². The molecule has 0 atom stereocenters. The van der Waals surface area contributed by atoms with Crippen LogP contribution in [-0.2, 0) is 0 Å². The van der Waals surface area contributed by atoms with E-state index in [9.17, 15) is 0 Å². The highest BCUT2D eigenvalue weighted by Gasteiger charge is 2.02. The first-order valence-electron chi connectivity index (χ1n) is 4.28. The molecule has 0 aliphatic carbocycles. The highest BCUT2D eigenvalue weighted by Crippen LogP contribution is 2.20. The summed E-state index contributed by atoms with van der Waals surface area (Å²) < 4.78 is 2.86. The number of nitrogens with one attached hydrogen (secondary N) is 1. The summed E-state index contributed by atoms with van der Waals surface area (Å²) in [5, 5.41) is 7.28. The number of hydrogen-bond acceptors (Lipinski definition) is 2. The number of nitrogens with zero attached hydrogens (tertiary/aromatic N) is 2. The molecule has 0 spiro atoms. The molecule has 1 N–H and O–H groups in total. The van der Waals surface area contributed by atoms with E-state index in [4.69, 9.17) is 0 Å². The van der Waals surface area contributed by atoms with Crippen LogP contribution in [0.4, 0.5) is 5.69 Å². The van der Waals surface area contributed by atoms with Crippen LogP contribution >= 0.6 is 15.9 Å². The monoisotopic (exact) mass is 251 g/mol.